The van der Waals surface area contributed by atoms with E-state index < -0.39 is 17.6 Å². The molecule has 0 radical (unpaired) electrons. The molecule has 0 spiro atoms. The zero-order chi connectivity index (χ0) is 27.0. The first-order valence-corrected chi connectivity index (χ1v) is 12.6. The molecule has 1 aliphatic rings. The molecule has 1 aromatic carbocycles. The van der Waals surface area contributed by atoms with Crippen molar-refractivity contribution in [3.05, 3.63) is 34.4 Å². The van der Waals surface area contributed by atoms with Crippen LogP contribution < -0.4 is 27.1 Å². The molecule has 198 valence electrons. The Hall–Kier alpha value is -3.74. The van der Waals surface area contributed by atoms with Gasteiger partial charge in [0.15, 0.2) is 0 Å². The number of aromatic nitrogens is 2. The first-order chi connectivity index (χ1) is 17.5. The number of nitrogens with zero attached hydrogens (tertiary/aromatic N) is 3. The zero-order valence-corrected chi connectivity index (χ0v) is 22.6. The van der Waals surface area contributed by atoms with Gasteiger partial charge in [0.05, 0.1) is 17.9 Å². The van der Waals surface area contributed by atoms with E-state index in [4.69, 9.17) is 15.9 Å². The Balaban J connectivity index is 1.81. The first kappa shape index (κ1) is 27.8. The van der Waals surface area contributed by atoms with E-state index >= 15 is 0 Å². The van der Waals surface area contributed by atoms with Crippen molar-refractivity contribution in [3.8, 4) is 0 Å². The van der Waals surface area contributed by atoms with Crippen molar-refractivity contribution in [1.29, 1.82) is 5.41 Å². The third-order valence-corrected chi connectivity index (χ3v) is 5.80. The predicted octanol–water partition coefficient (Wildman–Crippen LogP) is 4.38. The lowest BCUT2D eigenvalue weighted by atomic mass is 9.90. The van der Waals surface area contributed by atoms with E-state index in [1.165, 1.54) is 12.4 Å². The number of nitrogens with two attached hydrogens (primary N) is 1. The number of amides is 2. The van der Waals surface area contributed by atoms with Crippen LogP contribution in [0.4, 0.5) is 27.9 Å². The number of hydrogen-bond acceptors (Lipinski definition) is 10. The molecule has 2 amide bonds. The van der Waals surface area contributed by atoms with Gasteiger partial charge in [-0.3, -0.25) is 10.2 Å². The molecule has 1 aromatic heterocycles. The summed E-state index contributed by atoms with van der Waals surface area (Å²) in [5, 5.41) is 20.3. The second-order valence-corrected chi connectivity index (χ2v) is 10.4. The molecule has 12 nitrogen and oxygen atoms in total. The Kier molecular flexibility index (Phi) is 9.39. The molecule has 7 N–H and O–H groups in total. The summed E-state index contributed by atoms with van der Waals surface area (Å²) in [6.07, 6.45) is 6.82. The minimum absolute atomic E-state index is 0.119. The molecule has 13 heteroatoms. The predicted molar refractivity (Wildman–Crippen MR) is 148 cm³/mol. The number of rotatable bonds is 9. The molecule has 1 fully saturated rings. The van der Waals surface area contributed by atoms with E-state index in [2.05, 4.69) is 52.4 Å². The zero-order valence-electron chi connectivity index (χ0n) is 21.0. The molecule has 2 aromatic rings. The van der Waals surface area contributed by atoms with E-state index in [0.29, 0.717) is 17.3 Å². The number of carbonyl (C=O) groups is 2. The maximum Gasteiger partial charge on any atom is 0.407 e. The maximum absolute atomic E-state index is 12.4. The van der Waals surface area contributed by atoms with E-state index in [0.717, 1.165) is 36.4 Å². The second kappa shape index (κ2) is 12.5. The first-order valence-electron chi connectivity index (χ1n) is 11.8. The number of ether oxygens (including phenoxy) is 1. The smallest absolute Gasteiger partial charge is 0.407 e. The SMILES string of the molecule is CC(C)(C)OC(=O)N[C@H]1CCCC[C@H]1Nc1ncc(C(N)=O)c(Nc2cc(Br)cc(N/N=C\C=N)c2)n1. The average Bonchev–Trinajstić information content (AvgIpc) is 2.79. The van der Waals surface area contributed by atoms with Crippen LogP contribution in [0.25, 0.3) is 0 Å². The van der Waals surface area contributed by atoms with Crippen molar-refractivity contribution in [1.82, 2.24) is 15.3 Å². The molecular weight excluding hydrogens is 542 g/mol. The van der Waals surface area contributed by atoms with Gasteiger partial charge in [-0.25, -0.2) is 9.78 Å². The number of alkyl carbamates (subject to hydrolysis) is 1. The number of benzene rings is 1. The van der Waals surface area contributed by atoms with Crippen LogP contribution in [-0.4, -0.2) is 52.1 Å². The fourth-order valence-electron chi connectivity index (χ4n) is 3.84. The number of anilines is 4. The average molecular weight is 574 g/mol. The minimum atomic E-state index is -0.680. The van der Waals surface area contributed by atoms with E-state index in [1.54, 1.807) is 18.2 Å². The molecule has 1 aliphatic carbocycles. The third-order valence-electron chi connectivity index (χ3n) is 5.34. The topological polar surface area (TPSA) is 180 Å². The van der Waals surface area contributed by atoms with Crippen LogP contribution in [0.5, 0.6) is 0 Å². The van der Waals surface area contributed by atoms with Gasteiger partial charge in [-0.05, 0) is 51.8 Å². The van der Waals surface area contributed by atoms with E-state index in [1.807, 2.05) is 20.8 Å². The van der Waals surface area contributed by atoms with E-state index in [-0.39, 0.29) is 23.5 Å². The summed E-state index contributed by atoms with van der Waals surface area (Å²) in [7, 11) is 0. The van der Waals surface area contributed by atoms with Gasteiger partial charge in [0.1, 0.15) is 17.0 Å². The fraction of sp³-hybridized carbons (Fsp3) is 0.417. The number of hydrogen-bond donors (Lipinski definition) is 6. The number of hydrazone groups is 1. The summed E-state index contributed by atoms with van der Waals surface area (Å²) in [5.74, 6) is -0.163. The Morgan fingerprint density at radius 1 is 1.19 bits per heavy atom. The van der Waals surface area contributed by atoms with Gasteiger partial charge in [-0.2, -0.15) is 10.1 Å². The van der Waals surface area contributed by atoms with Gasteiger partial charge in [-0.15, -0.1) is 0 Å². The lowest BCUT2D eigenvalue weighted by molar-refractivity contribution is 0.0488. The highest BCUT2D eigenvalue weighted by Gasteiger charge is 2.29. The number of halogens is 1. The molecule has 3 rings (SSSR count). The summed E-state index contributed by atoms with van der Waals surface area (Å²) in [5.41, 5.74) is 9.16. The van der Waals surface area contributed by atoms with Gasteiger partial charge in [0.2, 0.25) is 5.95 Å². The summed E-state index contributed by atoms with van der Waals surface area (Å²) in [4.78, 5) is 33.2. The molecule has 0 unspecified atom stereocenters. The van der Waals surface area contributed by atoms with Gasteiger partial charge < -0.3 is 31.8 Å². The Bertz CT molecular complexity index is 1170. The standard InChI is InChI=1S/C24H32BrN9O3/c1-24(2,3)37-23(36)32-19-7-5-4-6-18(19)31-22-28-13-17(20(27)35)21(33-22)30-15-10-14(25)11-16(12-15)34-29-9-8-26/h8-13,18-19,26,34H,4-7H2,1-3H3,(H2,27,35)(H,32,36)(H2,28,30,31,33)/b26-8?,29-9-/t18-,19+/m1/s1. The van der Waals surface area contributed by atoms with Crippen molar-refractivity contribution in [3.63, 3.8) is 0 Å². The molecule has 1 heterocycles. The van der Waals surface area contributed by atoms with Gasteiger partial charge in [0, 0.05) is 28.6 Å². The molecular formula is C24H32BrN9O3. The van der Waals surface area contributed by atoms with Crippen LogP contribution in [0.15, 0.2) is 34.0 Å². The number of carbonyl (C=O) groups excluding carboxylic acids is 2. The van der Waals surface area contributed by atoms with Crippen molar-refractivity contribution in [2.45, 2.75) is 64.1 Å². The number of primary amides is 1. The van der Waals surface area contributed by atoms with Crippen molar-refractivity contribution in [2.75, 3.05) is 16.1 Å². The van der Waals surface area contributed by atoms with Gasteiger partial charge in [0.25, 0.3) is 5.91 Å². The Morgan fingerprint density at radius 2 is 1.89 bits per heavy atom. The minimum Gasteiger partial charge on any atom is -0.444 e. The van der Waals surface area contributed by atoms with Gasteiger partial charge >= 0.3 is 6.09 Å². The summed E-state index contributed by atoms with van der Waals surface area (Å²) in [6, 6.07) is 5.07. The molecule has 0 saturated heterocycles. The van der Waals surface area contributed by atoms with Crippen molar-refractivity contribution < 1.29 is 14.3 Å². The van der Waals surface area contributed by atoms with Crippen molar-refractivity contribution in [2.24, 2.45) is 10.8 Å². The van der Waals surface area contributed by atoms with E-state index in [9.17, 15) is 9.59 Å². The Labute approximate surface area is 223 Å². The molecule has 37 heavy (non-hydrogen) atoms. The summed E-state index contributed by atoms with van der Waals surface area (Å²) >= 11 is 3.45. The largest absolute Gasteiger partial charge is 0.444 e. The lowest BCUT2D eigenvalue weighted by Crippen LogP contribution is -2.50. The highest BCUT2D eigenvalue weighted by molar-refractivity contribution is 9.10. The molecule has 1 saturated carbocycles. The van der Waals surface area contributed by atoms with Crippen LogP contribution in [-0.2, 0) is 4.74 Å². The van der Waals surface area contributed by atoms with Crippen molar-refractivity contribution >= 4 is 63.5 Å². The van der Waals surface area contributed by atoms with Crippen LogP contribution in [0.2, 0.25) is 0 Å². The normalized spacial score (nSPS) is 17.6. The molecule has 0 bridgehead atoms. The van der Waals surface area contributed by atoms with Crippen LogP contribution in [0, 0.1) is 5.41 Å². The lowest BCUT2D eigenvalue weighted by Gasteiger charge is -2.33. The monoisotopic (exact) mass is 573 g/mol. The van der Waals surface area contributed by atoms with Crippen LogP contribution in [0.3, 0.4) is 0 Å². The molecule has 0 aliphatic heterocycles. The maximum atomic E-state index is 12.4. The van der Waals surface area contributed by atoms with Crippen LogP contribution >= 0.6 is 15.9 Å². The quantitative estimate of drug-likeness (QED) is 0.189. The second-order valence-electron chi connectivity index (χ2n) is 9.52. The summed E-state index contributed by atoms with van der Waals surface area (Å²) < 4.78 is 6.16. The molecule has 2 atom stereocenters. The van der Waals surface area contributed by atoms with Gasteiger partial charge in [-0.1, -0.05) is 28.8 Å². The van der Waals surface area contributed by atoms with Crippen LogP contribution in [0.1, 0.15) is 56.8 Å². The summed E-state index contributed by atoms with van der Waals surface area (Å²) in [6.45, 7) is 5.46. The number of nitrogens with one attached hydrogen (secondary N) is 5. The Morgan fingerprint density at radius 3 is 2.57 bits per heavy atom. The highest BCUT2D eigenvalue weighted by Crippen LogP contribution is 2.28. The fourth-order valence-corrected chi connectivity index (χ4v) is 4.33. The third kappa shape index (κ3) is 8.70. The highest BCUT2D eigenvalue weighted by atomic mass is 79.9.